The lowest BCUT2D eigenvalue weighted by molar-refractivity contribution is 0.669. The number of aromatic nitrogens is 1. The van der Waals surface area contributed by atoms with Crippen LogP contribution in [-0.2, 0) is 0 Å². The number of anilines is 2. The Morgan fingerprint density at radius 1 is 0.559 bits per heavy atom. The number of para-hydroxylation sites is 5. The minimum Gasteiger partial charge on any atom is -0.454 e. The van der Waals surface area contributed by atoms with Crippen LogP contribution in [0.1, 0.15) is 12.5 Å². The molecule has 0 amide bonds. The normalized spacial score (nSPS) is 12.3. The predicted octanol–water partition coefficient (Wildman–Crippen LogP) is 16.0. The molecular formula is C55H38N2OS. The van der Waals surface area contributed by atoms with Crippen molar-refractivity contribution in [1.82, 2.24) is 4.57 Å². The Morgan fingerprint density at radius 2 is 1.19 bits per heavy atom. The Labute approximate surface area is 346 Å². The minimum atomic E-state index is 0.848. The number of nitrogens with zero attached hydrogens (tertiary/aromatic N) is 2. The van der Waals surface area contributed by atoms with Gasteiger partial charge in [0.2, 0.25) is 0 Å². The van der Waals surface area contributed by atoms with E-state index in [2.05, 4.69) is 211 Å². The van der Waals surface area contributed by atoms with E-state index in [1.165, 1.54) is 47.6 Å². The Morgan fingerprint density at radius 3 is 2.00 bits per heavy atom. The predicted molar refractivity (Wildman–Crippen MR) is 253 cm³/mol. The third-order valence-corrected chi connectivity index (χ3v) is 12.8. The third-order valence-electron chi connectivity index (χ3n) is 11.5. The summed E-state index contributed by atoms with van der Waals surface area (Å²) >= 11 is 1.85. The van der Waals surface area contributed by atoms with E-state index in [9.17, 15) is 0 Å². The van der Waals surface area contributed by atoms with Crippen LogP contribution < -0.4 is 4.90 Å². The number of benzene rings is 8. The summed E-state index contributed by atoms with van der Waals surface area (Å²) in [6.45, 7) is 6.84. The van der Waals surface area contributed by atoms with Crippen molar-refractivity contribution in [1.29, 1.82) is 0 Å². The lowest BCUT2D eigenvalue weighted by Gasteiger charge is -2.27. The highest BCUT2D eigenvalue weighted by atomic mass is 32.1. The molecule has 0 atom stereocenters. The van der Waals surface area contributed by atoms with E-state index < -0.39 is 0 Å². The highest BCUT2D eigenvalue weighted by Crippen LogP contribution is 2.48. The number of fused-ring (bicyclic) bond motifs is 9. The fourth-order valence-corrected chi connectivity index (χ4v) is 10.2. The molecule has 4 heteroatoms. The maximum absolute atomic E-state index is 6.75. The Hall–Kier alpha value is -7.40. The molecule has 0 bridgehead atoms. The van der Waals surface area contributed by atoms with Gasteiger partial charge >= 0.3 is 0 Å². The summed E-state index contributed by atoms with van der Waals surface area (Å²) in [4.78, 5) is 2.37. The largest absolute Gasteiger partial charge is 0.454 e. The van der Waals surface area contributed by atoms with E-state index in [0.29, 0.717) is 0 Å². The van der Waals surface area contributed by atoms with Gasteiger partial charge in [0, 0.05) is 54.0 Å². The second-order valence-corrected chi connectivity index (χ2v) is 15.9. The zero-order valence-corrected chi connectivity index (χ0v) is 33.3. The summed E-state index contributed by atoms with van der Waals surface area (Å²) in [6.07, 6.45) is 6.57. The number of hydrogen-bond donors (Lipinski definition) is 0. The number of thiophene rings is 1. The number of furan rings is 1. The summed E-state index contributed by atoms with van der Waals surface area (Å²) in [5.74, 6) is 0. The van der Waals surface area contributed by atoms with E-state index in [1.807, 2.05) is 17.4 Å². The molecule has 0 unspecified atom stereocenters. The van der Waals surface area contributed by atoms with Crippen LogP contribution in [0.3, 0.4) is 0 Å². The second kappa shape index (κ2) is 14.2. The average Bonchev–Trinajstić information content (AvgIpc) is 3.98. The van der Waals surface area contributed by atoms with Crippen molar-refractivity contribution < 1.29 is 4.42 Å². The van der Waals surface area contributed by atoms with Crippen LogP contribution in [0.2, 0.25) is 0 Å². The molecule has 0 aliphatic carbocycles. The van der Waals surface area contributed by atoms with Crippen molar-refractivity contribution in [2.24, 2.45) is 0 Å². The van der Waals surface area contributed by atoms with Crippen molar-refractivity contribution in [3.05, 3.63) is 218 Å². The van der Waals surface area contributed by atoms with Crippen molar-refractivity contribution in [2.75, 3.05) is 4.90 Å². The van der Waals surface area contributed by atoms with Crippen LogP contribution in [0.25, 0.3) is 86.3 Å². The van der Waals surface area contributed by atoms with E-state index in [0.717, 1.165) is 61.4 Å². The van der Waals surface area contributed by atoms with E-state index in [4.69, 9.17) is 11.0 Å². The lowest BCUT2D eigenvalue weighted by Crippen LogP contribution is -2.15. The molecule has 0 fully saturated rings. The van der Waals surface area contributed by atoms with E-state index in [1.54, 1.807) is 0 Å². The summed E-state index contributed by atoms with van der Waals surface area (Å²) in [7, 11) is 0. The van der Waals surface area contributed by atoms with Gasteiger partial charge in [-0.15, -0.1) is 11.3 Å². The Bertz CT molecular complexity index is 3470. The standard InChI is InChI=1S/C55H38N2OS/c1-3-38(35-34-36(2)40-24-14-26-44-42-22-10-12-30-48(42)57(52(40)44)39-20-8-5-9-21-39)56(49-31-16-27-45-43-23-11-13-33-51(43)58-53(45)49)50-32-17-29-47-46-28-15-25-41(54(46)59-55(47)50)37-18-6-4-7-19-37/h3-35H,2H2,1H3/b35-34-,38-3+. The molecule has 11 rings (SSSR count). The number of allylic oxidation sites excluding steroid dienone is 4. The van der Waals surface area contributed by atoms with Crippen molar-refractivity contribution >= 4 is 92.2 Å². The maximum atomic E-state index is 6.75. The van der Waals surface area contributed by atoms with Crippen LogP contribution >= 0.6 is 11.3 Å². The van der Waals surface area contributed by atoms with Crippen LogP contribution in [0, 0.1) is 0 Å². The smallest absolute Gasteiger partial charge is 0.159 e. The topological polar surface area (TPSA) is 21.3 Å². The van der Waals surface area contributed by atoms with Crippen molar-refractivity contribution in [3.63, 3.8) is 0 Å². The summed E-state index contributed by atoms with van der Waals surface area (Å²) in [5.41, 5.74) is 12.7. The van der Waals surface area contributed by atoms with Crippen LogP contribution in [0.5, 0.6) is 0 Å². The molecule has 0 spiro atoms. The Kier molecular flexibility index (Phi) is 8.38. The van der Waals surface area contributed by atoms with Crippen LogP contribution in [0.4, 0.5) is 11.4 Å². The van der Waals surface area contributed by atoms with Gasteiger partial charge < -0.3 is 13.9 Å². The molecule has 280 valence electrons. The SMILES string of the molecule is C=C(/C=C\C(=C/C)N(c1cccc2c1oc1ccccc12)c1cccc2c1sc1c(-c3ccccc3)cccc12)c1cccc2c3ccccc3n(-c3ccccc3)c12. The highest BCUT2D eigenvalue weighted by Gasteiger charge is 2.24. The van der Waals surface area contributed by atoms with Crippen LogP contribution in [-0.4, -0.2) is 4.57 Å². The van der Waals surface area contributed by atoms with Gasteiger partial charge in [-0.1, -0.05) is 164 Å². The van der Waals surface area contributed by atoms with Gasteiger partial charge in [-0.05, 0) is 66.1 Å². The van der Waals surface area contributed by atoms with Gasteiger partial charge in [0.15, 0.2) is 5.58 Å². The number of hydrogen-bond acceptors (Lipinski definition) is 3. The molecule has 8 aromatic carbocycles. The van der Waals surface area contributed by atoms with Gasteiger partial charge in [-0.3, -0.25) is 0 Å². The van der Waals surface area contributed by atoms with Gasteiger partial charge in [0.1, 0.15) is 5.58 Å². The quantitative estimate of drug-likeness (QED) is 0.143. The first-order valence-corrected chi connectivity index (χ1v) is 20.8. The van der Waals surface area contributed by atoms with Gasteiger partial charge in [-0.25, -0.2) is 0 Å². The minimum absolute atomic E-state index is 0.848. The van der Waals surface area contributed by atoms with Gasteiger partial charge in [0.05, 0.1) is 27.1 Å². The molecule has 0 N–H and O–H groups in total. The zero-order valence-electron chi connectivity index (χ0n) is 32.5. The molecule has 0 radical (unpaired) electrons. The number of rotatable bonds is 8. The van der Waals surface area contributed by atoms with Gasteiger partial charge in [0.25, 0.3) is 0 Å². The molecule has 3 aromatic heterocycles. The highest BCUT2D eigenvalue weighted by molar-refractivity contribution is 7.27. The molecule has 0 saturated heterocycles. The Balaban J connectivity index is 1.11. The summed E-state index contributed by atoms with van der Waals surface area (Å²) in [5, 5.41) is 7.09. The average molecular weight is 775 g/mol. The first-order chi connectivity index (χ1) is 29.2. The van der Waals surface area contributed by atoms with Crippen molar-refractivity contribution in [3.8, 4) is 16.8 Å². The molecule has 0 aliphatic rings. The summed E-state index contributed by atoms with van der Waals surface area (Å²) in [6, 6.07) is 64.7. The zero-order chi connectivity index (χ0) is 39.5. The molecular weight excluding hydrogens is 737 g/mol. The molecule has 0 saturated carbocycles. The van der Waals surface area contributed by atoms with Gasteiger partial charge in [-0.2, -0.15) is 0 Å². The monoisotopic (exact) mass is 774 g/mol. The third kappa shape index (κ3) is 5.64. The molecule has 59 heavy (non-hydrogen) atoms. The first-order valence-electron chi connectivity index (χ1n) is 20.0. The second-order valence-electron chi connectivity index (χ2n) is 14.9. The lowest BCUT2D eigenvalue weighted by atomic mass is 10.0. The first kappa shape index (κ1) is 34.8. The van der Waals surface area contributed by atoms with Crippen molar-refractivity contribution in [2.45, 2.75) is 6.92 Å². The molecule has 3 heterocycles. The summed E-state index contributed by atoms with van der Waals surface area (Å²) < 4.78 is 11.6. The van der Waals surface area contributed by atoms with E-state index in [-0.39, 0.29) is 0 Å². The van der Waals surface area contributed by atoms with E-state index >= 15 is 0 Å². The maximum Gasteiger partial charge on any atom is 0.159 e. The molecule has 11 aromatic rings. The molecule has 0 aliphatic heterocycles. The fraction of sp³-hybridized carbons (Fsp3) is 0.0182. The molecule has 3 nitrogen and oxygen atoms in total. The fourth-order valence-electron chi connectivity index (χ4n) is 8.84. The van der Waals surface area contributed by atoms with Crippen LogP contribution in [0.15, 0.2) is 217 Å².